The Kier molecular flexibility index (Phi) is 6.29. The number of hydrogen-bond acceptors (Lipinski definition) is 5. The van der Waals surface area contributed by atoms with Crippen LogP contribution in [0.1, 0.15) is 13.3 Å². The van der Waals surface area contributed by atoms with Crippen molar-refractivity contribution in [1.82, 2.24) is 4.90 Å². The molecule has 1 N–H and O–H groups in total. The summed E-state index contributed by atoms with van der Waals surface area (Å²) in [5, 5.41) is 8.68. The van der Waals surface area contributed by atoms with Gasteiger partial charge in [0.25, 0.3) is 0 Å². The first-order valence-corrected chi connectivity index (χ1v) is 8.30. The molecular formula is C16H21NO5S. The number of methoxy groups -OCH3 is 1. The first-order valence-electron chi connectivity index (χ1n) is 7.42. The van der Waals surface area contributed by atoms with Gasteiger partial charge in [0.2, 0.25) is 5.91 Å². The molecule has 1 aliphatic heterocycles. The second-order valence-electron chi connectivity index (χ2n) is 5.29. The number of hydrogen-bond donors (Lipinski definition) is 1. The van der Waals surface area contributed by atoms with E-state index >= 15 is 0 Å². The maximum atomic E-state index is 12.6. The van der Waals surface area contributed by atoms with Crippen molar-refractivity contribution in [3.63, 3.8) is 0 Å². The lowest BCUT2D eigenvalue weighted by Gasteiger charge is -2.36. The molecule has 1 aliphatic rings. The minimum atomic E-state index is -0.922. The molecular weight excluding hydrogens is 318 g/mol. The van der Waals surface area contributed by atoms with Crippen LogP contribution in [-0.2, 0) is 14.3 Å². The van der Waals surface area contributed by atoms with Crippen LogP contribution in [0.3, 0.4) is 0 Å². The molecule has 23 heavy (non-hydrogen) atoms. The molecule has 1 amide bonds. The van der Waals surface area contributed by atoms with Crippen LogP contribution in [0.4, 0.5) is 0 Å². The number of carboxylic acids is 1. The number of ether oxygens (including phenoxy) is 2. The Bertz CT molecular complexity index is 548. The van der Waals surface area contributed by atoms with E-state index < -0.39 is 12.0 Å². The van der Waals surface area contributed by atoms with E-state index in [0.717, 1.165) is 10.6 Å². The van der Waals surface area contributed by atoms with E-state index in [0.29, 0.717) is 13.2 Å². The van der Waals surface area contributed by atoms with Gasteiger partial charge in [0.05, 0.1) is 38.0 Å². The monoisotopic (exact) mass is 339 g/mol. The molecule has 0 aliphatic carbocycles. The van der Waals surface area contributed by atoms with E-state index in [1.54, 1.807) is 12.0 Å². The quantitative estimate of drug-likeness (QED) is 0.798. The van der Waals surface area contributed by atoms with E-state index in [1.165, 1.54) is 11.8 Å². The summed E-state index contributed by atoms with van der Waals surface area (Å²) in [6.07, 6.45) is -0.0916. The predicted molar refractivity (Wildman–Crippen MR) is 86.9 cm³/mol. The zero-order chi connectivity index (χ0) is 16.8. The zero-order valence-electron chi connectivity index (χ0n) is 13.2. The summed E-state index contributed by atoms with van der Waals surface area (Å²) in [4.78, 5) is 26.2. The fourth-order valence-electron chi connectivity index (χ4n) is 2.46. The minimum Gasteiger partial charge on any atom is -0.497 e. The van der Waals surface area contributed by atoms with Gasteiger partial charge in [0, 0.05) is 11.4 Å². The summed E-state index contributed by atoms with van der Waals surface area (Å²) in [7, 11) is 1.61. The number of carbonyl (C=O) groups is 2. The Labute approximate surface area is 139 Å². The van der Waals surface area contributed by atoms with E-state index in [4.69, 9.17) is 14.6 Å². The molecule has 126 valence electrons. The molecule has 2 unspecified atom stereocenters. The molecule has 2 rings (SSSR count). The van der Waals surface area contributed by atoms with Gasteiger partial charge < -0.3 is 19.5 Å². The first-order chi connectivity index (χ1) is 11.0. The van der Waals surface area contributed by atoms with Crippen LogP contribution in [0.15, 0.2) is 29.2 Å². The van der Waals surface area contributed by atoms with Gasteiger partial charge in [-0.3, -0.25) is 9.59 Å². The highest BCUT2D eigenvalue weighted by Crippen LogP contribution is 2.27. The van der Waals surface area contributed by atoms with Gasteiger partial charge in [-0.2, -0.15) is 0 Å². The van der Waals surface area contributed by atoms with Crippen molar-refractivity contribution in [2.75, 3.05) is 26.9 Å². The molecule has 0 bridgehead atoms. The van der Waals surface area contributed by atoms with Crippen LogP contribution in [0.5, 0.6) is 5.75 Å². The minimum absolute atomic E-state index is 0.0552. The molecule has 1 fully saturated rings. The van der Waals surface area contributed by atoms with E-state index in [9.17, 15) is 9.59 Å². The summed E-state index contributed by atoms with van der Waals surface area (Å²) < 4.78 is 10.4. The number of nitrogens with zero attached hydrogens (tertiary/aromatic N) is 1. The van der Waals surface area contributed by atoms with Crippen molar-refractivity contribution in [2.24, 2.45) is 0 Å². The lowest BCUT2D eigenvalue weighted by molar-refractivity contribution is -0.145. The molecule has 1 aromatic carbocycles. The third-order valence-electron chi connectivity index (χ3n) is 3.64. The third-order valence-corrected chi connectivity index (χ3v) is 4.74. The summed E-state index contributed by atoms with van der Waals surface area (Å²) in [5.41, 5.74) is 0. The summed E-state index contributed by atoms with van der Waals surface area (Å²) in [6, 6.07) is 7.11. The molecule has 7 heteroatoms. The summed E-state index contributed by atoms with van der Waals surface area (Å²) >= 11 is 1.45. The standard InChI is InChI=1S/C16H21NO5S/c1-11(23-14-5-3-13(21-2)4-6-14)16(20)17-7-8-22-10-12(17)9-15(18)19/h3-6,11-12H,7-10H2,1-2H3,(H,18,19). The van der Waals surface area contributed by atoms with Gasteiger partial charge in [0.15, 0.2) is 0 Å². The molecule has 0 aromatic heterocycles. The van der Waals surface area contributed by atoms with Crippen LogP contribution in [0.2, 0.25) is 0 Å². The van der Waals surface area contributed by atoms with Gasteiger partial charge in [-0.1, -0.05) is 0 Å². The average molecular weight is 339 g/mol. The highest BCUT2D eigenvalue weighted by atomic mass is 32.2. The van der Waals surface area contributed by atoms with Gasteiger partial charge in [0.1, 0.15) is 5.75 Å². The molecule has 0 saturated carbocycles. The van der Waals surface area contributed by atoms with Crippen molar-refractivity contribution in [2.45, 2.75) is 29.5 Å². The van der Waals surface area contributed by atoms with Crippen molar-refractivity contribution in [3.05, 3.63) is 24.3 Å². The summed E-state index contributed by atoms with van der Waals surface area (Å²) in [6.45, 7) is 2.99. The van der Waals surface area contributed by atoms with Crippen LogP contribution >= 0.6 is 11.8 Å². The predicted octanol–water partition coefficient (Wildman–Crippen LogP) is 1.88. The highest BCUT2D eigenvalue weighted by Gasteiger charge is 2.31. The smallest absolute Gasteiger partial charge is 0.305 e. The van der Waals surface area contributed by atoms with Crippen LogP contribution in [0.25, 0.3) is 0 Å². The Morgan fingerprint density at radius 3 is 2.74 bits per heavy atom. The number of rotatable bonds is 6. The number of benzene rings is 1. The van der Waals surface area contributed by atoms with Gasteiger partial charge in [-0.05, 0) is 31.2 Å². The lowest BCUT2D eigenvalue weighted by Crippen LogP contribution is -2.51. The van der Waals surface area contributed by atoms with Crippen molar-refractivity contribution in [3.8, 4) is 5.75 Å². The molecule has 0 radical (unpaired) electrons. The largest absolute Gasteiger partial charge is 0.497 e. The Hall–Kier alpha value is -1.73. The molecule has 6 nitrogen and oxygen atoms in total. The maximum Gasteiger partial charge on any atom is 0.305 e. The molecule has 2 atom stereocenters. The second-order valence-corrected chi connectivity index (χ2v) is 6.71. The van der Waals surface area contributed by atoms with E-state index in [-0.39, 0.29) is 24.2 Å². The zero-order valence-corrected chi connectivity index (χ0v) is 14.0. The van der Waals surface area contributed by atoms with Gasteiger partial charge >= 0.3 is 5.97 Å². The van der Waals surface area contributed by atoms with Crippen molar-refractivity contribution >= 4 is 23.6 Å². The van der Waals surface area contributed by atoms with E-state index in [2.05, 4.69) is 0 Å². The fraction of sp³-hybridized carbons (Fsp3) is 0.500. The Morgan fingerprint density at radius 1 is 1.43 bits per heavy atom. The third kappa shape index (κ3) is 4.87. The molecule has 1 saturated heterocycles. The number of carbonyl (C=O) groups excluding carboxylic acids is 1. The Balaban J connectivity index is 2.00. The number of amides is 1. The topological polar surface area (TPSA) is 76.1 Å². The van der Waals surface area contributed by atoms with Crippen LogP contribution < -0.4 is 4.74 Å². The number of carboxylic acid groups (broad SMARTS) is 1. The highest BCUT2D eigenvalue weighted by molar-refractivity contribution is 8.00. The number of morpholine rings is 1. The summed E-state index contributed by atoms with van der Waals surface area (Å²) in [5.74, 6) is -0.211. The molecule has 1 heterocycles. The van der Waals surface area contributed by atoms with Gasteiger partial charge in [-0.15, -0.1) is 11.8 Å². The van der Waals surface area contributed by atoms with Crippen LogP contribution in [-0.4, -0.2) is 60.0 Å². The average Bonchev–Trinajstić information content (AvgIpc) is 2.55. The maximum absolute atomic E-state index is 12.6. The lowest BCUT2D eigenvalue weighted by atomic mass is 10.1. The van der Waals surface area contributed by atoms with Crippen LogP contribution in [0, 0.1) is 0 Å². The van der Waals surface area contributed by atoms with Gasteiger partial charge in [-0.25, -0.2) is 0 Å². The molecule has 1 aromatic rings. The number of thioether (sulfide) groups is 1. The molecule has 0 spiro atoms. The SMILES string of the molecule is COc1ccc(SC(C)C(=O)N2CCOCC2CC(=O)O)cc1. The first kappa shape index (κ1) is 17.6. The van der Waals surface area contributed by atoms with Crippen molar-refractivity contribution < 1.29 is 24.2 Å². The normalized spacial score (nSPS) is 19.2. The van der Waals surface area contributed by atoms with Crippen molar-refractivity contribution in [1.29, 1.82) is 0 Å². The second kappa shape index (κ2) is 8.21. The van der Waals surface area contributed by atoms with E-state index in [1.807, 2.05) is 31.2 Å². The Morgan fingerprint density at radius 2 is 2.13 bits per heavy atom. The number of aliphatic carboxylic acids is 1. The fourth-order valence-corrected chi connectivity index (χ4v) is 3.40.